The fourth-order valence-electron chi connectivity index (χ4n) is 3.70. The van der Waals surface area contributed by atoms with E-state index in [0.717, 1.165) is 22.5 Å². The highest BCUT2D eigenvalue weighted by Gasteiger charge is 2.33. The molecule has 1 aliphatic rings. The van der Waals surface area contributed by atoms with Crippen molar-refractivity contribution in [3.8, 4) is 11.5 Å². The van der Waals surface area contributed by atoms with Crippen LogP contribution in [0, 0.1) is 6.92 Å². The number of aryl methyl sites for hydroxylation is 1. The molecule has 3 aromatic carbocycles. The van der Waals surface area contributed by atoms with E-state index in [2.05, 4.69) is 5.32 Å². The molecular weight excluding hydrogens is 506 g/mol. The maximum absolute atomic E-state index is 13.1. The van der Waals surface area contributed by atoms with Crippen molar-refractivity contribution in [2.45, 2.75) is 6.92 Å². The lowest BCUT2D eigenvalue weighted by atomic mass is 10.1. The van der Waals surface area contributed by atoms with Crippen molar-refractivity contribution in [1.29, 1.82) is 0 Å². The van der Waals surface area contributed by atoms with Crippen LogP contribution in [0.3, 0.4) is 0 Å². The zero-order valence-electron chi connectivity index (χ0n) is 21.0. The van der Waals surface area contributed by atoms with Gasteiger partial charge in [-0.3, -0.25) is 14.5 Å². The molecule has 7 nitrogen and oxygen atoms in total. The molecular formula is C28H27N3O4S2. The highest BCUT2D eigenvalue weighted by atomic mass is 32.2. The Balaban J connectivity index is 1.45. The molecule has 3 aromatic rings. The molecule has 0 spiro atoms. The Labute approximate surface area is 226 Å². The number of rotatable bonds is 8. The molecule has 4 rings (SSSR count). The largest absolute Gasteiger partial charge is 0.493 e. The van der Waals surface area contributed by atoms with Gasteiger partial charge in [-0.25, -0.2) is 0 Å². The van der Waals surface area contributed by atoms with Crippen molar-refractivity contribution in [3.63, 3.8) is 0 Å². The van der Waals surface area contributed by atoms with Crippen molar-refractivity contribution in [3.05, 3.63) is 82.8 Å². The van der Waals surface area contributed by atoms with Gasteiger partial charge in [-0.1, -0.05) is 42.2 Å². The number of amides is 2. The number of thioether (sulfide) groups is 1. The minimum atomic E-state index is -0.279. The highest BCUT2D eigenvalue weighted by molar-refractivity contribution is 8.27. The van der Waals surface area contributed by atoms with Crippen molar-refractivity contribution >= 4 is 63.3 Å². The fourth-order valence-corrected chi connectivity index (χ4v) is 5.00. The summed E-state index contributed by atoms with van der Waals surface area (Å²) in [6.45, 7) is 1.79. The van der Waals surface area contributed by atoms with E-state index in [9.17, 15) is 9.59 Å². The molecule has 9 heteroatoms. The molecule has 190 valence electrons. The molecule has 1 fully saturated rings. The number of anilines is 3. The topological polar surface area (TPSA) is 71.1 Å². The maximum atomic E-state index is 13.1. The van der Waals surface area contributed by atoms with E-state index in [4.69, 9.17) is 21.7 Å². The normalized spacial score (nSPS) is 14.2. The van der Waals surface area contributed by atoms with E-state index in [0.29, 0.717) is 26.4 Å². The lowest BCUT2D eigenvalue weighted by Crippen LogP contribution is -2.27. The lowest BCUT2D eigenvalue weighted by molar-refractivity contribution is -0.118. The monoisotopic (exact) mass is 533 g/mol. The molecule has 0 saturated carbocycles. The van der Waals surface area contributed by atoms with E-state index in [1.165, 1.54) is 23.8 Å². The first kappa shape index (κ1) is 26.2. The molecule has 0 radical (unpaired) electrons. The zero-order valence-corrected chi connectivity index (χ0v) is 22.6. The van der Waals surface area contributed by atoms with Crippen LogP contribution in [0.1, 0.15) is 11.1 Å². The van der Waals surface area contributed by atoms with Crippen LogP contribution in [0.2, 0.25) is 0 Å². The zero-order chi connectivity index (χ0) is 26.5. The van der Waals surface area contributed by atoms with Crippen LogP contribution in [0.25, 0.3) is 6.08 Å². The molecule has 1 aliphatic heterocycles. The minimum Gasteiger partial charge on any atom is -0.493 e. The Morgan fingerprint density at radius 1 is 1.08 bits per heavy atom. The SMILES string of the molecule is COc1cc(/C=C2\SC(=S)N(c3ccc(N(C)C)cc3)C2=O)ccc1OCC(=O)Nc1cccc(C)c1. The van der Waals surface area contributed by atoms with Crippen molar-refractivity contribution in [2.75, 3.05) is 42.9 Å². The van der Waals surface area contributed by atoms with Gasteiger partial charge in [0.1, 0.15) is 0 Å². The molecule has 37 heavy (non-hydrogen) atoms. The summed E-state index contributed by atoms with van der Waals surface area (Å²) in [6, 6.07) is 20.5. The second-order valence-electron chi connectivity index (χ2n) is 8.54. The van der Waals surface area contributed by atoms with Crippen molar-refractivity contribution < 1.29 is 19.1 Å². The predicted octanol–water partition coefficient (Wildman–Crippen LogP) is 5.49. The lowest BCUT2D eigenvalue weighted by Gasteiger charge is -2.17. The van der Waals surface area contributed by atoms with Gasteiger partial charge >= 0.3 is 0 Å². The summed E-state index contributed by atoms with van der Waals surface area (Å²) in [7, 11) is 5.44. The van der Waals surface area contributed by atoms with Crippen LogP contribution in [-0.4, -0.2) is 43.9 Å². The third-order valence-electron chi connectivity index (χ3n) is 5.56. The number of carbonyl (C=O) groups is 2. The third-order valence-corrected chi connectivity index (χ3v) is 6.87. The number of hydrogen-bond donors (Lipinski definition) is 1. The van der Waals surface area contributed by atoms with Crippen LogP contribution < -0.4 is 24.6 Å². The summed E-state index contributed by atoms with van der Waals surface area (Å²) in [5, 5.41) is 2.81. The Hall–Kier alpha value is -3.82. The van der Waals surface area contributed by atoms with Crippen LogP contribution in [0.15, 0.2) is 71.6 Å². The first-order chi connectivity index (χ1) is 17.7. The van der Waals surface area contributed by atoms with Crippen molar-refractivity contribution in [2.24, 2.45) is 0 Å². The van der Waals surface area contributed by atoms with Gasteiger partial charge in [-0.05, 0) is 72.7 Å². The molecule has 1 saturated heterocycles. The van der Waals surface area contributed by atoms with Gasteiger partial charge in [-0.15, -0.1) is 0 Å². The van der Waals surface area contributed by atoms with Gasteiger partial charge in [-0.2, -0.15) is 0 Å². The number of thiocarbonyl (C=S) groups is 1. The fraction of sp³-hybridized carbons (Fsp3) is 0.179. The van der Waals surface area contributed by atoms with E-state index >= 15 is 0 Å². The van der Waals surface area contributed by atoms with Crippen LogP contribution >= 0.6 is 24.0 Å². The molecule has 1 N–H and O–H groups in total. The second kappa shape index (κ2) is 11.5. The summed E-state index contributed by atoms with van der Waals surface area (Å²) in [4.78, 5) is 29.5. The molecule has 0 atom stereocenters. The molecule has 2 amide bonds. The van der Waals surface area contributed by atoms with Crippen LogP contribution in [0.4, 0.5) is 17.1 Å². The van der Waals surface area contributed by atoms with E-state index < -0.39 is 0 Å². The quantitative estimate of drug-likeness (QED) is 0.303. The van der Waals surface area contributed by atoms with Gasteiger partial charge in [0.15, 0.2) is 22.4 Å². The Kier molecular flexibility index (Phi) is 8.15. The molecule has 1 heterocycles. The van der Waals surface area contributed by atoms with Gasteiger partial charge < -0.3 is 19.7 Å². The number of ether oxygens (including phenoxy) is 2. The van der Waals surface area contributed by atoms with E-state index in [1.54, 1.807) is 24.3 Å². The summed E-state index contributed by atoms with van der Waals surface area (Å²) in [6.07, 6.45) is 1.77. The summed E-state index contributed by atoms with van der Waals surface area (Å²) in [5.74, 6) is 0.415. The standard InChI is InChI=1S/C28H27N3O4S2/c1-18-6-5-7-20(14-18)29-26(32)17-35-23-13-8-19(15-24(23)34-4)16-25-27(33)31(28(36)37-25)22-11-9-21(10-12-22)30(2)3/h5-16H,17H2,1-4H3,(H,29,32)/b25-16-. The van der Waals surface area contributed by atoms with Crippen molar-refractivity contribution in [1.82, 2.24) is 0 Å². The molecule has 0 aliphatic carbocycles. The number of benzene rings is 3. The van der Waals surface area contributed by atoms with Crippen LogP contribution in [0.5, 0.6) is 11.5 Å². The van der Waals surface area contributed by atoms with E-state index in [1.807, 2.05) is 74.4 Å². The molecule has 0 bridgehead atoms. The number of nitrogens with zero attached hydrogens (tertiary/aromatic N) is 2. The third kappa shape index (κ3) is 6.31. The number of carbonyl (C=O) groups excluding carboxylic acids is 2. The minimum absolute atomic E-state index is 0.172. The van der Waals surface area contributed by atoms with Gasteiger partial charge in [0.05, 0.1) is 17.7 Å². The van der Waals surface area contributed by atoms with Gasteiger partial charge in [0.2, 0.25) is 0 Å². The van der Waals surface area contributed by atoms with Gasteiger partial charge in [0.25, 0.3) is 11.8 Å². The summed E-state index contributed by atoms with van der Waals surface area (Å²) >= 11 is 6.74. The first-order valence-electron chi connectivity index (χ1n) is 11.5. The number of hydrogen-bond acceptors (Lipinski definition) is 7. The summed E-state index contributed by atoms with van der Waals surface area (Å²) in [5.41, 5.74) is 4.27. The smallest absolute Gasteiger partial charge is 0.270 e. The Morgan fingerprint density at radius 2 is 1.84 bits per heavy atom. The van der Waals surface area contributed by atoms with Crippen LogP contribution in [-0.2, 0) is 9.59 Å². The second-order valence-corrected chi connectivity index (χ2v) is 10.2. The van der Waals surface area contributed by atoms with E-state index in [-0.39, 0.29) is 18.4 Å². The summed E-state index contributed by atoms with van der Waals surface area (Å²) < 4.78 is 11.6. The number of methoxy groups -OCH3 is 1. The Morgan fingerprint density at radius 3 is 2.51 bits per heavy atom. The van der Waals surface area contributed by atoms with Gasteiger partial charge in [0, 0.05) is 25.5 Å². The molecule has 0 unspecified atom stereocenters. The average molecular weight is 534 g/mol. The predicted molar refractivity (Wildman–Crippen MR) is 155 cm³/mol. The highest BCUT2D eigenvalue weighted by Crippen LogP contribution is 2.37. The average Bonchev–Trinajstić information content (AvgIpc) is 3.15. The Bertz CT molecular complexity index is 1370. The molecule has 0 aromatic heterocycles. The first-order valence-corrected chi connectivity index (χ1v) is 12.7. The number of nitrogens with one attached hydrogen (secondary N) is 1. The maximum Gasteiger partial charge on any atom is 0.270 e.